The van der Waals surface area contributed by atoms with E-state index in [4.69, 9.17) is 0 Å². The van der Waals surface area contributed by atoms with E-state index in [0.29, 0.717) is 0 Å². The Hall–Kier alpha value is -0.300. The standard InChI is InChI=1S/C24H44S/c1-3-5-7-9-11-12-14-16-18-23(21-24-19-20-25-22-24)17-15-13-10-8-6-4-2/h19-20,22-23H,3-18,21H2,1-2H3/t23-/m0/s1. The summed E-state index contributed by atoms with van der Waals surface area (Å²) in [5, 5.41) is 4.61. The lowest BCUT2D eigenvalue weighted by molar-refractivity contribution is 0.400. The SMILES string of the molecule is CCCCCCCCCC[C@H](CCCCCCCC)Cc1ccsc1. The molecule has 1 aromatic rings. The zero-order valence-electron chi connectivity index (χ0n) is 17.2. The number of unbranched alkanes of at least 4 members (excludes halogenated alkanes) is 12. The minimum absolute atomic E-state index is 0.931. The number of hydrogen-bond donors (Lipinski definition) is 0. The van der Waals surface area contributed by atoms with Crippen LogP contribution in [-0.4, -0.2) is 0 Å². The third-order valence-electron chi connectivity index (χ3n) is 5.54. The average molecular weight is 365 g/mol. The summed E-state index contributed by atoms with van der Waals surface area (Å²) in [4.78, 5) is 0. The van der Waals surface area contributed by atoms with Crippen molar-refractivity contribution in [2.24, 2.45) is 5.92 Å². The van der Waals surface area contributed by atoms with Gasteiger partial charge in [0, 0.05) is 0 Å². The molecule has 0 aliphatic rings. The first kappa shape index (κ1) is 22.7. The summed E-state index contributed by atoms with van der Waals surface area (Å²) in [6.45, 7) is 4.61. The topological polar surface area (TPSA) is 0 Å². The molecule has 146 valence electrons. The maximum atomic E-state index is 2.36. The van der Waals surface area contributed by atoms with Crippen molar-refractivity contribution in [3.05, 3.63) is 22.4 Å². The molecule has 0 unspecified atom stereocenters. The smallest absolute Gasteiger partial charge is 0.00612 e. The van der Waals surface area contributed by atoms with Gasteiger partial charge in [-0.2, -0.15) is 11.3 Å². The number of hydrogen-bond acceptors (Lipinski definition) is 1. The molecule has 0 radical (unpaired) electrons. The third kappa shape index (κ3) is 13.5. The Morgan fingerprint density at radius 2 is 1.16 bits per heavy atom. The lowest BCUT2D eigenvalue weighted by Gasteiger charge is -2.16. The van der Waals surface area contributed by atoms with Crippen molar-refractivity contribution in [1.82, 2.24) is 0 Å². The molecular formula is C24H44S. The minimum Gasteiger partial charge on any atom is -0.152 e. The molecule has 0 saturated carbocycles. The monoisotopic (exact) mass is 364 g/mol. The van der Waals surface area contributed by atoms with Crippen molar-refractivity contribution in [3.8, 4) is 0 Å². The number of thiophene rings is 1. The largest absolute Gasteiger partial charge is 0.152 e. The van der Waals surface area contributed by atoms with Crippen molar-refractivity contribution in [1.29, 1.82) is 0 Å². The quantitative estimate of drug-likeness (QED) is 0.228. The highest BCUT2D eigenvalue weighted by molar-refractivity contribution is 7.07. The van der Waals surface area contributed by atoms with Crippen LogP contribution in [0, 0.1) is 5.92 Å². The highest BCUT2D eigenvalue weighted by atomic mass is 32.1. The van der Waals surface area contributed by atoms with E-state index in [1.807, 2.05) is 11.3 Å². The maximum absolute atomic E-state index is 2.36. The third-order valence-corrected chi connectivity index (χ3v) is 6.27. The highest BCUT2D eigenvalue weighted by Gasteiger charge is 2.10. The van der Waals surface area contributed by atoms with Crippen LogP contribution in [0.25, 0.3) is 0 Å². The molecule has 0 aliphatic carbocycles. The molecule has 1 rings (SSSR count). The van der Waals surface area contributed by atoms with Gasteiger partial charge in [0.15, 0.2) is 0 Å². The first-order valence-electron chi connectivity index (χ1n) is 11.4. The lowest BCUT2D eigenvalue weighted by Crippen LogP contribution is -2.05. The summed E-state index contributed by atoms with van der Waals surface area (Å²) in [6.07, 6.45) is 24.4. The summed E-state index contributed by atoms with van der Waals surface area (Å²) < 4.78 is 0. The molecule has 0 bridgehead atoms. The Balaban J connectivity index is 2.13. The van der Waals surface area contributed by atoms with Gasteiger partial charge in [-0.05, 0) is 34.7 Å². The van der Waals surface area contributed by atoms with Crippen LogP contribution in [0.5, 0.6) is 0 Å². The van der Waals surface area contributed by atoms with Crippen molar-refractivity contribution < 1.29 is 0 Å². The molecule has 0 amide bonds. The van der Waals surface area contributed by atoms with Crippen LogP contribution in [0.1, 0.15) is 122 Å². The van der Waals surface area contributed by atoms with Crippen molar-refractivity contribution in [2.45, 2.75) is 123 Å². The van der Waals surface area contributed by atoms with E-state index in [1.54, 1.807) is 5.56 Å². The van der Waals surface area contributed by atoms with E-state index >= 15 is 0 Å². The molecule has 1 heterocycles. The molecule has 1 aromatic heterocycles. The van der Waals surface area contributed by atoms with Crippen molar-refractivity contribution >= 4 is 11.3 Å². The molecule has 1 atom stereocenters. The first-order valence-corrected chi connectivity index (χ1v) is 12.3. The molecule has 0 aromatic carbocycles. The second kappa shape index (κ2) is 17.1. The van der Waals surface area contributed by atoms with Crippen LogP contribution in [-0.2, 0) is 6.42 Å². The Kier molecular flexibility index (Phi) is 15.6. The van der Waals surface area contributed by atoms with Gasteiger partial charge in [0.1, 0.15) is 0 Å². The molecule has 0 N–H and O–H groups in total. The van der Waals surface area contributed by atoms with Crippen LogP contribution in [0.3, 0.4) is 0 Å². The molecule has 25 heavy (non-hydrogen) atoms. The van der Waals surface area contributed by atoms with Crippen LogP contribution >= 0.6 is 11.3 Å². The molecule has 0 spiro atoms. The molecule has 0 saturated heterocycles. The van der Waals surface area contributed by atoms with Gasteiger partial charge in [-0.3, -0.25) is 0 Å². The zero-order valence-corrected chi connectivity index (χ0v) is 18.1. The van der Waals surface area contributed by atoms with Gasteiger partial charge in [-0.25, -0.2) is 0 Å². The molecule has 0 aliphatic heterocycles. The van der Waals surface area contributed by atoms with Crippen molar-refractivity contribution in [3.63, 3.8) is 0 Å². The summed E-state index contributed by atoms with van der Waals surface area (Å²) in [7, 11) is 0. The minimum atomic E-state index is 0.931. The second-order valence-electron chi connectivity index (χ2n) is 8.02. The van der Waals surface area contributed by atoms with Gasteiger partial charge in [-0.15, -0.1) is 0 Å². The van der Waals surface area contributed by atoms with E-state index < -0.39 is 0 Å². The highest BCUT2D eigenvalue weighted by Crippen LogP contribution is 2.24. The molecule has 1 heteroatoms. The molecular weight excluding hydrogens is 320 g/mol. The van der Waals surface area contributed by atoms with Gasteiger partial charge in [-0.1, -0.05) is 117 Å². The Labute approximate surface area is 162 Å². The van der Waals surface area contributed by atoms with Crippen LogP contribution in [0.2, 0.25) is 0 Å². The predicted molar refractivity (Wildman–Crippen MR) is 117 cm³/mol. The lowest BCUT2D eigenvalue weighted by atomic mass is 9.89. The fourth-order valence-corrected chi connectivity index (χ4v) is 4.55. The van der Waals surface area contributed by atoms with E-state index in [2.05, 4.69) is 30.7 Å². The summed E-state index contributed by atoms with van der Waals surface area (Å²) in [5.74, 6) is 0.931. The molecule has 0 nitrogen and oxygen atoms in total. The Morgan fingerprint density at radius 3 is 1.60 bits per heavy atom. The van der Waals surface area contributed by atoms with Crippen LogP contribution in [0.4, 0.5) is 0 Å². The maximum Gasteiger partial charge on any atom is -0.00612 e. The normalized spacial score (nSPS) is 12.6. The fourth-order valence-electron chi connectivity index (χ4n) is 3.87. The van der Waals surface area contributed by atoms with Gasteiger partial charge >= 0.3 is 0 Å². The first-order chi connectivity index (χ1) is 12.4. The Morgan fingerprint density at radius 1 is 0.680 bits per heavy atom. The van der Waals surface area contributed by atoms with Gasteiger partial charge in [0.25, 0.3) is 0 Å². The van der Waals surface area contributed by atoms with Crippen LogP contribution < -0.4 is 0 Å². The van der Waals surface area contributed by atoms with E-state index in [9.17, 15) is 0 Å². The predicted octanol–water partition coefficient (Wildman–Crippen LogP) is 9.19. The van der Waals surface area contributed by atoms with Gasteiger partial charge in [0.2, 0.25) is 0 Å². The average Bonchev–Trinajstić information content (AvgIpc) is 3.13. The van der Waals surface area contributed by atoms with E-state index in [1.165, 1.54) is 109 Å². The second-order valence-corrected chi connectivity index (χ2v) is 8.80. The van der Waals surface area contributed by atoms with E-state index in [0.717, 1.165) is 5.92 Å². The fraction of sp³-hybridized carbons (Fsp3) is 0.833. The summed E-state index contributed by atoms with van der Waals surface area (Å²) in [6, 6.07) is 2.34. The summed E-state index contributed by atoms with van der Waals surface area (Å²) in [5.41, 5.74) is 1.58. The van der Waals surface area contributed by atoms with Crippen LogP contribution in [0.15, 0.2) is 16.8 Å². The van der Waals surface area contributed by atoms with E-state index in [-0.39, 0.29) is 0 Å². The van der Waals surface area contributed by atoms with Crippen molar-refractivity contribution in [2.75, 3.05) is 0 Å². The zero-order chi connectivity index (χ0) is 18.0. The Bertz CT molecular complexity index is 354. The van der Waals surface area contributed by atoms with Gasteiger partial charge < -0.3 is 0 Å². The van der Waals surface area contributed by atoms with Gasteiger partial charge in [0.05, 0.1) is 0 Å². The number of rotatable bonds is 18. The summed E-state index contributed by atoms with van der Waals surface area (Å²) >= 11 is 1.86. The molecule has 0 fully saturated rings.